The van der Waals surface area contributed by atoms with Gasteiger partial charge in [-0.1, -0.05) is 19.4 Å². The molecule has 0 aliphatic rings. The average Bonchev–Trinajstić information content (AvgIpc) is 2.81. The van der Waals surface area contributed by atoms with Crippen LogP contribution in [0.3, 0.4) is 0 Å². The van der Waals surface area contributed by atoms with Gasteiger partial charge in [-0.25, -0.2) is 0 Å². The maximum atomic E-state index is 12.1. The normalized spacial score (nSPS) is 10.6. The van der Waals surface area contributed by atoms with Crippen molar-refractivity contribution in [3.05, 3.63) is 30.1 Å². The van der Waals surface area contributed by atoms with Crippen molar-refractivity contribution >= 4 is 5.78 Å². The van der Waals surface area contributed by atoms with E-state index >= 15 is 0 Å². The zero-order valence-electron chi connectivity index (χ0n) is 11.6. The fourth-order valence-electron chi connectivity index (χ4n) is 1.99. The van der Waals surface area contributed by atoms with Crippen molar-refractivity contribution in [3.8, 4) is 0 Å². The Morgan fingerprint density at radius 2 is 2.17 bits per heavy atom. The van der Waals surface area contributed by atoms with Crippen molar-refractivity contribution < 1.29 is 4.79 Å². The standard InChI is InChI=1S/C15H24N2O/c1-4-7-8-9-10-11-15(18)14-12-13(5-2)16-17(14)6-3/h4,12H,1,5-11H2,2-3H3. The van der Waals surface area contributed by atoms with Gasteiger partial charge in [-0.05, 0) is 38.7 Å². The van der Waals surface area contributed by atoms with Crippen molar-refractivity contribution in [2.24, 2.45) is 0 Å². The lowest BCUT2D eigenvalue weighted by Crippen LogP contribution is -2.09. The highest BCUT2D eigenvalue weighted by molar-refractivity contribution is 5.94. The molecule has 0 atom stereocenters. The monoisotopic (exact) mass is 248 g/mol. The largest absolute Gasteiger partial charge is 0.292 e. The Kier molecular flexibility index (Phi) is 6.40. The molecule has 0 amide bonds. The van der Waals surface area contributed by atoms with Crippen LogP contribution in [-0.2, 0) is 13.0 Å². The molecule has 3 nitrogen and oxygen atoms in total. The number of carbonyl (C=O) groups excluding carboxylic acids is 1. The third-order valence-corrected chi connectivity index (χ3v) is 3.09. The molecule has 0 spiro atoms. The summed E-state index contributed by atoms with van der Waals surface area (Å²) in [6.07, 6.45) is 7.67. The van der Waals surface area contributed by atoms with E-state index in [1.807, 2.05) is 23.7 Å². The van der Waals surface area contributed by atoms with Gasteiger partial charge < -0.3 is 0 Å². The van der Waals surface area contributed by atoms with Crippen molar-refractivity contribution in [2.45, 2.75) is 58.9 Å². The van der Waals surface area contributed by atoms with Crippen LogP contribution in [0.25, 0.3) is 0 Å². The third kappa shape index (κ3) is 4.13. The minimum Gasteiger partial charge on any atom is -0.292 e. The molecule has 1 heterocycles. The first kappa shape index (κ1) is 14.7. The summed E-state index contributed by atoms with van der Waals surface area (Å²) in [5, 5.41) is 4.41. The minimum absolute atomic E-state index is 0.225. The van der Waals surface area contributed by atoms with Crippen LogP contribution in [0.4, 0.5) is 0 Å². The number of aryl methyl sites for hydroxylation is 2. The molecular formula is C15H24N2O. The van der Waals surface area contributed by atoms with Crippen LogP contribution in [0.1, 0.15) is 62.1 Å². The predicted molar refractivity (Wildman–Crippen MR) is 74.9 cm³/mol. The van der Waals surface area contributed by atoms with Crippen LogP contribution < -0.4 is 0 Å². The van der Waals surface area contributed by atoms with E-state index in [1.165, 1.54) is 0 Å². The Hall–Kier alpha value is -1.38. The number of hydrogen-bond acceptors (Lipinski definition) is 2. The van der Waals surface area contributed by atoms with E-state index in [0.29, 0.717) is 6.42 Å². The van der Waals surface area contributed by atoms with E-state index < -0.39 is 0 Å². The zero-order chi connectivity index (χ0) is 13.4. The molecule has 1 aromatic heterocycles. The second kappa shape index (κ2) is 7.85. The van der Waals surface area contributed by atoms with Gasteiger partial charge in [0, 0.05) is 13.0 Å². The van der Waals surface area contributed by atoms with Crippen LogP contribution >= 0.6 is 0 Å². The number of Topliss-reactive ketones (excluding diaryl/α,β-unsaturated/α-hetero) is 1. The van der Waals surface area contributed by atoms with Gasteiger partial charge in [0.1, 0.15) is 5.69 Å². The lowest BCUT2D eigenvalue weighted by molar-refractivity contribution is 0.0969. The summed E-state index contributed by atoms with van der Waals surface area (Å²) >= 11 is 0. The average molecular weight is 248 g/mol. The fourth-order valence-corrected chi connectivity index (χ4v) is 1.99. The van der Waals surface area contributed by atoms with Crippen molar-refractivity contribution in [3.63, 3.8) is 0 Å². The number of hydrogen-bond donors (Lipinski definition) is 0. The maximum absolute atomic E-state index is 12.1. The number of ketones is 1. The molecule has 0 aromatic carbocycles. The van der Waals surface area contributed by atoms with E-state index in [1.54, 1.807) is 0 Å². The van der Waals surface area contributed by atoms with Gasteiger partial charge in [0.05, 0.1) is 5.69 Å². The number of nitrogens with zero attached hydrogens (tertiary/aromatic N) is 2. The van der Waals surface area contributed by atoms with Gasteiger partial charge in [0.15, 0.2) is 5.78 Å². The minimum atomic E-state index is 0.225. The van der Waals surface area contributed by atoms with Crippen LogP contribution in [0.2, 0.25) is 0 Å². The van der Waals surface area contributed by atoms with Gasteiger partial charge >= 0.3 is 0 Å². The summed E-state index contributed by atoms with van der Waals surface area (Å²) in [5.41, 5.74) is 1.78. The van der Waals surface area contributed by atoms with Gasteiger partial charge in [-0.2, -0.15) is 5.10 Å². The molecule has 1 rings (SSSR count). The summed E-state index contributed by atoms with van der Waals surface area (Å²) in [6.45, 7) is 8.54. The quantitative estimate of drug-likeness (QED) is 0.378. The van der Waals surface area contributed by atoms with E-state index in [4.69, 9.17) is 0 Å². The molecule has 0 aliphatic carbocycles. The van der Waals surface area contributed by atoms with E-state index in [2.05, 4.69) is 18.6 Å². The van der Waals surface area contributed by atoms with E-state index in [0.717, 1.165) is 50.0 Å². The Bertz CT molecular complexity index is 393. The summed E-state index contributed by atoms with van der Waals surface area (Å²) in [7, 11) is 0. The van der Waals surface area contributed by atoms with Crippen molar-refractivity contribution in [1.29, 1.82) is 0 Å². The molecule has 0 saturated heterocycles. The molecule has 0 bridgehead atoms. The number of rotatable bonds is 9. The topological polar surface area (TPSA) is 34.9 Å². The zero-order valence-corrected chi connectivity index (χ0v) is 11.6. The number of allylic oxidation sites excluding steroid dienone is 1. The molecule has 1 aromatic rings. The maximum Gasteiger partial charge on any atom is 0.180 e. The molecule has 18 heavy (non-hydrogen) atoms. The van der Waals surface area contributed by atoms with Crippen LogP contribution in [0.5, 0.6) is 0 Å². The highest BCUT2D eigenvalue weighted by atomic mass is 16.1. The second-order valence-corrected chi connectivity index (χ2v) is 4.50. The molecule has 0 radical (unpaired) electrons. The first-order chi connectivity index (χ1) is 8.72. The lowest BCUT2D eigenvalue weighted by atomic mass is 10.1. The van der Waals surface area contributed by atoms with Crippen molar-refractivity contribution in [2.75, 3.05) is 0 Å². The van der Waals surface area contributed by atoms with Crippen LogP contribution in [0, 0.1) is 0 Å². The summed E-state index contributed by atoms with van der Waals surface area (Å²) in [6, 6.07) is 1.94. The molecule has 0 fully saturated rings. The van der Waals surface area contributed by atoms with Gasteiger partial charge in [0.25, 0.3) is 0 Å². The highest BCUT2D eigenvalue weighted by Gasteiger charge is 2.13. The van der Waals surface area contributed by atoms with Crippen molar-refractivity contribution in [1.82, 2.24) is 9.78 Å². The molecule has 0 N–H and O–H groups in total. The Labute approximate surface area is 110 Å². The number of unbranched alkanes of at least 4 members (excludes halogenated alkanes) is 3. The Balaban J connectivity index is 2.50. The van der Waals surface area contributed by atoms with Crippen LogP contribution in [0.15, 0.2) is 18.7 Å². The van der Waals surface area contributed by atoms with Gasteiger partial charge in [0.2, 0.25) is 0 Å². The number of aromatic nitrogens is 2. The second-order valence-electron chi connectivity index (χ2n) is 4.50. The van der Waals surface area contributed by atoms with Gasteiger partial charge in [-0.3, -0.25) is 9.48 Å². The number of carbonyl (C=O) groups is 1. The molecule has 3 heteroatoms. The smallest absolute Gasteiger partial charge is 0.180 e. The van der Waals surface area contributed by atoms with E-state index in [-0.39, 0.29) is 5.78 Å². The molecule has 0 aliphatic heterocycles. The summed E-state index contributed by atoms with van der Waals surface area (Å²) in [5.74, 6) is 0.225. The first-order valence-corrected chi connectivity index (χ1v) is 6.93. The molecule has 0 unspecified atom stereocenters. The Morgan fingerprint density at radius 3 is 2.78 bits per heavy atom. The molecular weight excluding hydrogens is 224 g/mol. The lowest BCUT2D eigenvalue weighted by Gasteiger charge is -2.03. The summed E-state index contributed by atoms with van der Waals surface area (Å²) in [4.78, 5) is 12.1. The molecule has 100 valence electrons. The van der Waals surface area contributed by atoms with E-state index in [9.17, 15) is 4.79 Å². The molecule has 0 saturated carbocycles. The highest BCUT2D eigenvalue weighted by Crippen LogP contribution is 2.12. The summed E-state index contributed by atoms with van der Waals surface area (Å²) < 4.78 is 1.82. The van der Waals surface area contributed by atoms with Gasteiger partial charge in [-0.15, -0.1) is 6.58 Å². The fraction of sp³-hybridized carbons (Fsp3) is 0.600. The van der Waals surface area contributed by atoms with Crippen LogP contribution in [-0.4, -0.2) is 15.6 Å². The Morgan fingerprint density at radius 1 is 1.39 bits per heavy atom. The SMILES string of the molecule is C=CCCCCCC(=O)c1cc(CC)nn1CC. The first-order valence-electron chi connectivity index (χ1n) is 6.93. The predicted octanol–water partition coefficient (Wildman–Crippen LogP) is 3.78. The third-order valence-electron chi connectivity index (χ3n) is 3.09.